The van der Waals surface area contributed by atoms with Crippen molar-refractivity contribution in [3.05, 3.63) is 34.1 Å². The van der Waals surface area contributed by atoms with E-state index in [9.17, 15) is 13.2 Å². The predicted molar refractivity (Wildman–Crippen MR) is 62.9 cm³/mol. The van der Waals surface area contributed by atoms with Crippen LogP contribution >= 0.6 is 11.6 Å². The zero-order valence-corrected chi connectivity index (χ0v) is 10.7. The van der Waals surface area contributed by atoms with E-state index >= 15 is 0 Å². The van der Waals surface area contributed by atoms with Crippen molar-refractivity contribution in [1.29, 1.82) is 0 Å². The van der Waals surface area contributed by atoms with E-state index in [2.05, 4.69) is 0 Å². The summed E-state index contributed by atoms with van der Waals surface area (Å²) in [7, 11) is 0. The number of halogens is 4. The highest BCUT2D eigenvalue weighted by atomic mass is 35.5. The fourth-order valence-corrected chi connectivity index (χ4v) is 1.72. The van der Waals surface area contributed by atoms with Gasteiger partial charge >= 0.3 is 0 Å². The molecule has 1 nitrogen and oxygen atoms in total. The topological polar surface area (TPSA) is 26.0 Å². The zero-order valence-electron chi connectivity index (χ0n) is 9.95. The molecule has 0 aromatic heterocycles. The molecule has 1 aromatic carbocycles. The van der Waals surface area contributed by atoms with Gasteiger partial charge in [-0.2, -0.15) is 0 Å². The molecule has 0 amide bonds. The maximum absolute atomic E-state index is 14.2. The van der Waals surface area contributed by atoms with E-state index in [1.807, 2.05) is 0 Å². The average Bonchev–Trinajstić information content (AvgIpc) is 2.22. The summed E-state index contributed by atoms with van der Waals surface area (Å²) in [5.74, 6) is -3.98. The number of aryl methyl sites for hydroxylation is 1. The van der Waals surface area contributed by atoms with E-state index in [-0.39, 0.29) is 17.1 Å². The molecule has 0 saturated heterocycles. The van der Waals surface area contributed by atoms with Gasteiger partial charge in [0.25, 0.3) is 5.92 Å². The van der Waals surface area contributed by atoms with Crippen LogP contribution in [-0.4, -0.2) is 6.54 Å². The first-order chi connectivity index (χ1) is 7.63. The van der Waals surface area contributed by atoms with Gasteiger partial charge in [0.2, 0.25) is 0 Å². The van der Waals surface area contributed by atoms with Crippen LogP contribution in [0.5, 0.6) is 0 Å². The quantitative estimate of drug-likeness (QED) is 0.882. The summed E-state index contributed by atoms with van der Waals surface area (Å²) in [4.78, 5) is 0. The van der Waals surface area contributed by atoms with Crippen LogP contribution in [-0.2, 0) is 5.92 Å². The van der Waals surface area contributed by atoms with Gasteiger partial charge in [-0.3, -0.25) is 0 Å². The first-order valence-electron chi connectivity index (χ1n) is 5.17. The summed E-state index contributed by atoms with van der Waals surface area (Å²) < 4.78 is 41.7. The number of hydrogen-bond acceptors (Lipinski definition) is 1. The predicted octanol–water partition coefficient (Wildman–Crippen LogP) is 3.86. The number of rotatable bonds is 3. The Morgan fingerprint density at radius 3 is 2.29 bits per heavy atom. The Hall–Kier alpha value is -0.740. The van der Waals surface area contributed by atoms with Gasteiger partial charge in [0.05, 0.1) is 5.02 Å². The van der Waals surface area contributed by atoms with Gasteiger partial charge in [-0.1, -0.05) is 25.4 Å². The molecule has 17 heavy (non-hydrogen) atoms. The maximum atomic E-state index is 14.2. The van der Waals surface area contributed by atoms with Crippen LogP contribution in [0.15, 0.2) is 12.1 Å². The van der Waals surface area contributed by atoms with Crippen molar-refractivity contribution >= 4 is 11.6 Å². The van der Waals surface area contributed by atoms with Crippen LogP contribution in [0.1, 0.15) is 25.0 Å². The highest BCUT2D eigenvalue weighted by Gasteiger charge is 2.48. The molecule has 0 radical (unpaired) electrons. The van der Waals surface area contributed by atoms with Gasteiger partial charge in [-0.05, 0) is 24.6 Å². The van der Waals surface area contributed by atoms with E-state index in [4.69, 9.17) is 17.3 Å². The molecule has 0 aliphatic rings. The Morgan fingerprint density at radius 2 is 1.82 bits per heavy atom. The normalized spacial score (nSPS) is 12.9. The molecule has 0 spiro atoms. The molecule has 96 valence electrons. The first kappa shape index (κ1) is 14.3. The molecule has 5 heteroatoms. The Labute approximate surface area is 104 Å². The molecular weight excluding hydrogens is 251 g/mol. The number of benzene rings is 1. The monoisotopic (exact) mass is 265 g/mol. The fourth-order valence-electron chi connectivity index (χ4n) is 1.38. The highest BCUT2D eigenvalue weighted by Crippen LogP contribution is 2.46. The van der Waals surface area contributed by atoms with Crippen LogP contribution in [0.3, 0.4) is 0 Å². The van der Waals surface area contributed by atoms with Crippen molar-refractivity contribution in [2.75, 3.05) is 6.54 Å². The summed E-state index contributed by atoms with van der Waals surface area (Å²) in [5.41, 5.74) is 3.56. The molecule has 0 fully saturated rings. The molecule has 1 aromatic rings. The van der Waals surface area contributed by atoms with E-state index in [1.54, 1.807) is 0 Å². The molecule has 0 saturated carbocycles. The largest absolute Gasteiger partial charge is 0.330 e. The van der Waals surface area contributed by atoms with E-state index < -0.39 is 22.7 Å². The van der Waals surface area contributed by atoms with Gasteiger partial charge in [-0.25, -0.2) is 13.2 Å². The number of nitrogens with two attached hydrogens (primary N) is 1. The zero-order chi connectivity index (χ0) is 13.4. The van der Waals surface area contributed by atoms with Gasteiger partial charge in [0.15, 0.2) is 0 Å². The van der Waals surface area contributed by atoms with E-state index in [0.29, 0.717) is 0 Å². The SMILES string of the molecule is Cc1cc(Cl)c(C(F)(F)C(C)(C)CN)cc1F. The van der Waals surface area contributed by atoms with Crippen molar-refractivity contribution in [2.45, 2.75) is 26.7 Å². The molecule has 1 rings (SSSR count). The van der Waals surface area contributed by atoms with Gasteiger partial charge in [0.1, 0.15) is 5.82 Å². The molecular formula is C12H15ClF3N. The van der Waals surface area contributed by atoms with Crippen LogP contribution in [0.2, 0.25) is 5.02 Å². The standard InChI is InChI=1S/C12H15ClF3N/c1-7-4-9(13)8(5-10(7)14)12(15,16)11(2,3)6-17/h4-5H,6,17H2,1-3H3. The minimum Gasteiger partial charge on any atom is -0.330 e. The third kappa shape index (κ3) is 2.43. The van der Waals surface area contributed by atoms with Crippen molar-refractivity contribution in [3.63, 3.8) is 0 Å². The van der Waals surface area contributed by atoms with Crippen LogP contribution in [0, 0.1) is 18.2 Å². The fraction of sp³-hybridized carbons (Fsp3) is 0.500. The Bertz CT molecular complexity index is 430. The average molecular weight is 266 g/mol. The molecule has 0 heterocycles. The third-order valence-corrected chi connectivity index (χ3v) is 3.26. The van der Waals surface area contributed by atoms with Crippen LogP contribution in [0.25, 0.3) is 0 Å². The molecule has 0 aliphatic carbocycles. The minimum absolute atomic E-state index is 0.143. The maximum Gasteiger partial charge on any atom is 0.280 e. The Morgan fingerprint density at radius 1 is 1.29 bits per heavy atom. The van der Waals surface area contributed by atoms with Gasteiger partial charge in [0, 0.05) is 17.5 Å². The van der Waals surface area contributed by atoms with Crippen LogP contribution in [0.4, 0.5) is 13.2 Å². The lowest BCUT2D eigenvalue weighted by molar-refractivity contribution is -0.108. The lowest BCUT2D eigenvalue weighted by atomic mass is 9.81. The second-order valence-corrected chi connectivity index (χ2v) is 5.15. The second kappa shape index (κ2) is 4.50. The summed E-state index contributed by atoms with van der Waals surface area (Å²) >= 11 is 5.76. The van der Waals surface area contributed by atoms with Crippen molar-refractivity contribution in [3.8, 4) is 0 Å². The van der Waals surface area contributed by atoms with E-state index in [0.717, 1.165) is 6.07 Å². The van der Waals surface area contributed by atoms with Crippen molar-refractivity contribution in [1.82, 2.24) is 0 Å². The smallest absolute Gasteiger partial charge is 0.280 e. The van der Waals surface area contributed by atoms with Crippen molar-refractivity contribution < 1.29 is 13.2 Å². The van der Waals surface area contributed by atoms with Crippen LogP contribution < -0.4 is 5.73 Å². The summed E-state index contributed by atoms with van der Waals surface area (Å²) in [6.45, 7) is 3.88. The lowest BCUT2D eigenvalue weighted by Crippen LogP contribution is -2.40. The minimum atomic E-state index is -3.28. The van der Waals surface area contributed by atoms with Gasteiger partial charge in [-0.15, -0.1) is 0 Å². The highest BCUT2D eigenvalue weighted by molar-refractivity contribution is 6.31. The summed E-state index contributed by atoms with van der Waals surface area (Å²) in [6, 6.07) is 1.99. The first-order valence-corrected chi connectivity index (χ1v) is 5.55. The second-order valence-electron chi connectivity index (χ2n) is 4.74. The molecule has 0 atom stereocenters. The Balaban J connectivity index is 3.38. The van der Waals surface area contributed by atoms with E-state index in [1.165, 1.54) is 26.8 Å². The lowest BCUT2D eigenvalue weighted by Gasteiger charge is -2.33. The van der Waals surface area contributed by atoms with Gasteiger partial charge < -0.3 is 5.73 Å². The number of alkyl halides is 2. The molecule has 0 unspecified atom stereocenters. The summed E-state index contributed by atoms with van der Waals surface area (Å²) in [6.07, 6.45) is 0. The third-order valence-electron chi connectivity index (χ3n) is 2.95. The number of hydrogen-bond donors (Lipinski definition) is 1. The summed E-state index contributed by atoms with van der Waals surface area (Å²) in [5, 5.41) is -0.143. The molecule has 0 aliphatic heterocycles. The molecule has 0 bridgehead atoms. The Kier molecular flexibility index (Phi) is 3.79. The van der Waals surface area contributed by atoms with Crippen molar-refractivity contribution in [2.24, 2.45) is 11.1 Å². The molecule has 2 N–H and O–H groups in total.